The standard InChI is InChI=1S/C8H17N3O3/c1-2-14-7(12)6(9)4-3-5-11-8(10)13/h6H,2-5,9H2,1H3,(H3,10,11,13)/t6-/m0/s1. The van der Waals surface area contributed by atoms with Crippen LogP contribution in [-0.2, 0) is 9.53 Å². The number of hydrogen-bond acceptors (Lipinski definition) is 4. The van der Waals surface area contributed by atoms with Crippen LogP contribution in [0.4, 0.5) is 4.79 Å². The molecule has 0 aromatic heterocycles. The molecule has 2 amide bonds. The van der Waals surface area contributed by atoms with Gasteiger partial charge in [0.2, 0.25) is 0 Å². The molecule has 0 aromatic carbocycles. The third-order valence-electron chi connectivity index (χ3n) is 1.58. The first kappa shape index (κ1) is 12.7. The smallest absolute Gasteiger partial charge is 0.322 e. The van der Waals surface area contributed by atoms with Crippen LogP contribution in [0.2, 0.25) is 0 Å². The lowest BCUT2D eigenvalue weighted by Gasteiger charge is -2.09. The summed E-state index contributed by atoms with van der Waals surface area (Å²) in [6, 6.07) is -1.20. The summed E-state index contributed by atoms with van der Waals surface area (Å²) in [5, 5.41) is 2.40. The minimum absolute atomic E-state index is 0.325. The SMILES string of the molecule is CCOC(=O)[C@@H](N)CCCNC(N)=O. The van der Waals surface area contributed by atoms with Gasteiger partial charge >= 0.3 is 12.0 Å². The summed E-state index contributed by atoms with van der Waals surface area (Å²) in [5.41, 5.74) is 10.3. The number of hydrogen-bond donors (Lipinski definition) is 3. The molecule has 0 aromatic rings. The Bertz CT molecular complexity index is 196. The van der Waals surface area contributed by atoms with E-state index in [1.165, 1.54) is 0 Å². The predicted octanol–water partition coefficient (Wildman–Crippen LogP) is -0.675. The van der Waals surface area contributed by atoms with Crippen molar-refractivity contribution in [3.8, 4) is 0 Å². The quantitative estimate of drug-likeness (QED) is 0.393. The van der Waals surface area contributed by atoms with Crippen LogP contribution >= 0.6 is 0 Å². The lowest BCUT2D eigenvalue weighted by Crippen LogP contribution is -2.34. The molecule has 6 nitrogen and oxygen atoms in total. The summed E-state index contributed by atoms with van der Waals surface area (Å²) in [7, 11) is 0. The van der Waals surface area contributed by atoms with Gasteiger partial charge in [-0.25, -0.2) is 4.79 Å². The number of rotatable bonds is 6. The zero-order valence-corrected chi connectivity index (χ0v) is 8.29. The molecule has 0 aliphatic heterocycles. The molecule has 0 rings (SSSR count). The van der Waals surface area contributed by atoms with Crippen molar-refractivity contribution in [2.45, 2.75) is 25.8 Å². The van der Waals surface area contributed by atoms with Gasteiger partial charge in [-0.2, -0.15) is 0 Å². The molecule has 14 heavy (non-hydrogen) atoms. The first-order valence-corrected chi connectivity index (χ1v) is 4.53. The number of nitrogens with one attached hydrogen (secondary N) is 1. The molecular formula is C8H17N3O3. The summed E-state index contributed by atoms with van der Waals surface area (Å²) in [6.45, 7) is 2.47. The average Bonchev–Trinajstić information content (AvgIpc) is 2.12. The van der Waals surface area contributed by atoms with E-state index in [4.69, 9.17) is 16.2 Å². The number of esters is 1. The number of ether oxygens (including phenoxy) is 1. The Morgan fingerprint density at radius 3 is 2.64 bits per heavy atom. The Labute approximate surface area is 83.0 Å². The molecule has 0 aliphatic carbocycles. The molecule has 0 unspecified atom stereocenters. The average molecular weight is 203 g/mol. The topological polar surface area (TPSA) is 107 Å². The number of primary amides is 1. The van der Waals surface area contributed by atoms with Gasteiger partial charge in [0.05, 0.1) is 6.61 Å². The summed E-state index contributed by atoms with van der Waals surface area (Å²) < 4.78 is 4.71. The second-order valence-corrected chi connectivity index (χ2v) is 2.79. The van der Waals surface area contributed by atoms with Crippen LogP contribution in [0, 0.1) is 0 Å². The van der Waals surface area contributed by atoms with E-state index in [1.807, 2.05) is 0 Å². The monoisotopic (exact) mass is 203 g/mol. The lowest BCUT2D eigenvalue weighted by molar-refractivity contribution is -0.144. The van der Waals surface area contributed by atoms with Crippen molar-refractivity contribution in [1.82, 2.24) is 5.32 Å². The number of carbonyl (C=O) groups is 2. The molecule has 1 atom stereocenters. The summed E-state index contributed by atoms with van der Waals surface area (Å²) in [5.74, 6) is -0.411. The van der Waals surface area contributed by atoms with Crippen molar-refractivity contribution >= 4 is 12.0 Å². The Balaban J connectivity index is 3.48. The van der Waals surface area contributed by atoms with E-state index in [9.17, 15) is 9.59 Å². The van der Waals surface area contributed by atoms with E-state index >= 15 is 0 Å². The van der Waals surface area contributed by atoms with Gasteiger partial charge in [-0.3, -0.25) is 4.79 Å². The Morgan fingerprint density at radius 1 is 1.50 bits per heavy atom. The predicted molar refractivity (Wildman–Crippen MR) is 51.4 cm³/mol. The molecule has 0 saturated carbocycles. The third kappa shape index (κ3) is 6.24. The van der Waals surface area contributed by atoms with Gasteiger partial charge in [-0.15, -0.1) is 0 Å². The first-order valence-electron chi connectivity index (χ1n) is 4.53. The molecule has 0 aliphatic rings. The van der Waals surface area contributed by atoms with Crippen molar-refractivity contribution < 1.29 is 14.3 Å². The number of nitrogens with two attached hydrogens (primary N) is 2. The number of amides is 2. The Kier molecular flexibility index (Phi) is 6.47. The molecule has 0 radical (unpaired) electrons. The minimum Gasteiger partial charge on any atom is -0.465 e. The normalized spacial score (nSPS) is 11.9. The molecule has 0 heterocycles. The summed E-state index contributed by atoms with van der Waals surface area (Å²) in [4.78, 5) is 21.3. The second kappa shape index (κ2) is 7.14. The summed E-state index contributed by atoms with van der Waals surface area (Å²) >= 11 is 0. The molecule has 6 heteroatoms. The van der Waals surface area contributed by atoms with Crippen molar-refractivity contribution in [1.29, 1.82) is 0 Å². The highest BCUT2D eigenvalue weighted by Gasteiger charge is 2.13. The van der Waals surface area contributed by atoms with Crippen molar-refractivity contribution in [3.05, 3.63) is 0 Å². The Hall–Kier alpha value is -1.30. The number of urea groups is 1. The maximum Gasteiger partial charge on any atom is 0.322 e. The van der Waals surface area contributed by atoms with E-state index in [-0.39, 0.29) is 0 Å². The van der Waals surface area contributed by atoms with Crippen LogP contribution < -0.4 is 16.8 Å². The van der Waals surface area contributed by atoms with Gasteiger partial charge in [0, 0.05) is 6.54 Å². The van der Waals surface area contributed by atoms with E-state index in [1.54, 1.807) is 6.92 Å². The maximum absolute atomic E-state index is 11.0. The van der Waals surface area contributed by atoms with Crippen LogP contribution in [0.1, 0.15) is 19.8 Å². The van der Waals surface area contributed by atoms with Crippen LogP contribution in [0.5, 0.6) is 0 Å². The summed E-state index contributed by atoms with van der Waals surface area (Å²) in [6.07, 6.45) is 1.07. The molecule has 82 valence electrons. The fourth-order valence-corrected chi connectivity index (χ4v) is 0.901. The van der Waals surface area contributed by atoms with Crippen molar-refractivity contribution in [2.75, 3.05) is 13.2 Å². The largest absolute Gasteiger partial charge is 0.465 e. The number of carbonyl (C=O) groups excluding carboxylic acids is 2. The third-order valence-corrected chi connectivity index (χ3v) is 1.58. The van der Waals surface area contributed by atoms with E-state index in [0.717, 1.165) is 0 Å². The van der Waals surface area contributed by atoms with E-state index in [0.29, 0.717) is 26.0 Å². The molecule has 0 bridgehead atoms. The second-order valence-electron chi connectivity index (χ2n) is 2.79. The van der Waals surface area contributed by atoms with Crippen LogP contribution in [0.15, 0.2) is 0 Å². The highest BCUT2D eigenvalue weighted by Crippen LogP contribution is 1.95. The van der Waals surface area contributed by atoms with Gasteiger partial charge in [0.25, 0.3) is 0 Å². The Morgan fingerprint density at radius 2 is 2.14 bits per heavy atom. The van der Waals surface area contributed by atoms with Gasteiger partial charge in [0.15, 0.2) is 0 Å². The van der Waals surface area contributed by atoms with Crippen LogP contribution in [0.25, 0.3) is 0 Å². The molecule has 0 saturated heterocycles. The van der Waals surface area contributed by atoms with E-state index < -0.39 is 18.0 Å². The first-order chi connectivity index (χ1) is 6.57. The maximum atomic E-state index is 11.0. The fourth-order valence-electron chi connectivity index (χ4n) is 0.901. The molecular weight excluding hydrogens is 186 g/mol. The lowest BCUT2D eigenvalue weighted by atomic mass is 10.2. The highest BCUT2D eigenvalue weighted by atomic mass is 16.5. The van der Waals surface area contributed by atoms with E-state index in [2.05, 4.69) is 5.32 Å². The minimum atomic E-state index is -0.621. The van der Waals surface area contributed by atoms with Gasteiger partial charge in [-0.1, -0.05) is 0 Å². The molecule has 5 N–H and O–H groups in total. The van der Waals surface area contributed by atoms with Gasteiger partial charge in [-0.05, 0) is 19.8 Å². The fraction of sp³-hybridized carbons (Fsp3) is 0.750. The van der Waals surface area contributed by atoms with Crippen molar-refractivity contribution in [3.63, 3.8) is 0 Å². The van der Waals surface area contributed by atoms with Crippen LogP contribution in [0.3, 0.4) is 0 Å². The molecule has 0 fully saturated rings. The zero-order chi connectivity index (χ0) is 11.0. The van der Waals surface area contributed by atoms with Crippen molar-refractivity contribution in [2.24, 2.45) is 11.5 Å². The zero-order valence-electron chi connectivity index (χ0n) is 8.29. The van der Waals surface area contributed by atoms with Crippen LogP contribution in [-0.4, -0.2) is 31.2 Å². The van der Waals surface area contributed by atoms with Gasteiger partial charge < -0.3 is 21.5 Å². The van der Waals surface area contributed by atoms with Gasteiger partial charge in [0.1, 0.15) is 6.04 Å². The molecule has 0 spiro atoms. The highest BCUT2D eigenvalue weighted by molar-refractivity contribution is 5.75.